The molecule has 0 radical (unpaired) electrons. The Morgan fingerprint density at radius 3 is 2.55 bits per heavy atom. The normalized spacial score (nSPS) is 49.8. The van der Waals surface area contributed by atoms with Crippen LogP contribution in [0.5, 0.6) is 0 Å². The average molecular weight is 300 g/mol. The molecule has 0 heterocycles. The van der Waals surface area contributed by atoms with E-state index in [1.807, 2.05) is 0 Å². The second-order valence-corrected chi connectivity index (χ2v) is 9.45. The fourth-order valence-corrected chi connectivity index (χ4v) is 7.27. The summed E-state index contributed by atoms with van der Waals surface area (Å²) >= 11 is 0. The molecule has 1 spiro atoms. The first-order chi connectivity index (χ1) is 10.2. The molecule has 4 aliphatic carbocycles. The van der Waals surface area contributed by atoms with E-state index in [9.17, 15) is 9.59 Å². The summed E-state index contributed by atoms with van der Waals surface area (Å²) in [6, 6.07) is 0. The van der Waals surface area contributed by atoms with Crippen molar-refractivity contribution >= 4 is 11.6 Å². The third-order valence-corrected chi connectivity index (χ3v) is 7.98. The number of hydrogen-bond acceptors (Lipinski definition) is 2. The summed E-state index contributed by atoms with van der Waals surface area (Å²) in [5, 5.41) is 0. The molecule has 0 saturated heterocycles. The fourth-order valence-electron chi connectivity index (χ4n) is 7.27. The highest BCUT2D eigenvalue weighted by Crippen LogP contribution is 2.70. The molecule has 5 atom stereocenters. The minimum atomic E-state index is -0.379. The number of fused-ring (bicyclic) bond motifs is 3. The molecule has 0 N–H and O–H groups in total. The second-order valence-electron chi connectivity index (χ2n) is 9.45. The second kappa shape index (κ2) is 4.13. The number of hydrogen-bond donors (Lipinski definition) is 0. The fraction of sp³-hybridized carbons (Fsp3) is 0.800. The van der Waals surface area contributed by atoms with E-state index in [1.165, 1.54) is 12.8 Å². The van der Waals surface area contributed by atoms with Crippen LogP contribution in [0.25, 0.3) is 0 Å². The minimum absolute atomic E-state index is 0.0162. The van der Waals surface area contributed by atoms with Crippen LogP contribution in [0.4, 0.5) is 0 Å². The van der Waals surface area contributed by atoms with Gasteiger partial charge < -0.3 is 0 Å². The van der Waals surface area contributed by atoms with E-state index < -0.39 is 0 Å². The van der Waals surface area contributed by atoms with Crippen molar-refractivity contribution in [2.45, 2.75) is 65.7 Å². The molecular weight excluding hydrogens is 272 g/mol. The Morgan fingerprint density at radius 2 is 1.82 bits per heavy atom. The van der Waals surface area contributed by atoms with Crippen LogP contribution in [0.1, 0.15) is 65.7 Å². The molecule has 4 rings (SSSR count). The maximum Gasteiger partial charge on any atom is 0.165 e. The van der Waals surface area contributed by atoms with Crippen molar-refractivity contribution in [3.63, 3.8) is 0 Å². The Bertz CT molecular complexity index is 587. The first-order valence-corrected chi connectivity index (χ1v) is 8.99. The Morgan fingerprint density at radius 1 is 1.09 bits per heavy atom. The molecule has 2 nitrogen and oxygen atoms in total. The third kappa shape index (κ3) is 1.52. The Labute approximate surface area is 133 Å². The number of ketones is 2. The lowest BCUT2D eigenvalue weighted by atomic mass is 9.41. The van der Waals surface area contributed by atoms with E-state index in [-0.39, 0.29) is 28.4 Å². The van der Waals surface area contributed by atoms with Crippen molar-refractivity contribution in [3.8, 4) is 0 Å². The van der Waals surface area contributed by atoms with Gasteiger partial charge in [0, 0.05) is 17.8 Å². The minimum Gasteiger partial charge on any atom is -0.299 e. The Balaban J connectivity index is 1.85. The van der Waals surface area contributed by atoms with Gasteiger partial charge in [-0.15, -0.1) is 0 Å². The van der Waals surface area contributed by atoms with Gasteiger partial charge in [-0.05, 0) is 60.3 Å². The van der Waals surface area contributed by atoms with Crippen LogP contribution < -0.4 is 0 Å². The van der Waals surface area contributed by atoms with Crippen molar-refractivity contribution in [2.24, 2.45) is 34.0 Å². The lowest BCUT2D eigenvalue weighted by molar-refractivity contribution is -0.171. The number of Topliss-reactive ketones (excluding diaryl/α,β-unsaturated/α-hetero) is 2. The summed E-state index contributed by atoms with van der Waals surface area (Å²) in [5.74, 6) is 1.30. The Kier molecular flexibility index (Phi) is 2.75. The van der Waals surface area contributed by atoms with Crippen LogP contribution in [-0.4, -0.2) is 11.6 Å². The number of allylic oxidation sites excluding steroid dienone is 1. The standard InChI is InChI=1S/C20H28O2/c1-12-13-10-14(21)16-19(4)8-5-7-18(2,3)15(19)6-9-20(16,11-13)17(12)22/h13,15-16H,1,5-11H2,2-4H3/t13-,15-,16+,19-,20-/m0/s1. The predicted molar refractivity (Wildman–Crippen MR) is 86.3 cm³/mol. The van der Waals surface area contributed by atoms with Gasteiger partial charge in [-0.2, -0.15) is 0 Å². The number of carbonyl (C=O) groups is 2. The Hall–Kier alpha value is -0.920. The third-order valence-electron chi connectivity index (χ3n) is 7.98. The topological polar surface area (TPSA) is 34.1 Å². The zero-order valence-electron chi connectivity index (χ0n) is 14.2. The van der Waals surface area contributed by atoms with E-state index in [2.05, 4.69) is 27.4 Å². The molecule has 0 aromatic heterocycles. The van der Waals surface area contributed by atoms with E-state index in [4.69, 9.17) is 0 Å². The van der Waals surface area contributed by atoms with Crippen LogP contribution in [0.2, 0.25) is 0 Å². The van der Waals surface area contributed by atoms with Gasteiger partial charge in [-0.25, -0.2) is 0 Å². The lowest BCUT2D eigenvalue weighted by Gasteiger charge is -2.62. The van der Waals surface area contributed by atoms with Gasteiger partial charge in [0.15, 0.2) is 5.78 Å². The molecule has 0 aromatic carbocycles. The van der Waals surface area contributed by atoms with Gasteiger partial charge in [-0.3, -0.25) is 9.59 Å². The maximum atomic E-state index is 13.1. The van der Waals surface area contributed by atoms with Crippen LogP contribution >= 0.6 is 0 Å². The highest BCUT2D eigenvalue weighted by atomic mass is 16.1. The summed E-state index contributed by atoms with van der Waals surface area (Å²) in [7, 11) is 0. The molecule has 0 aromatic rings. The van der Waals surface area contributed by atoms with Crippen LogP contribution in [0.15, 0.2) is 12.2 Å². The summed E-state index contributed by atoms with van der Waals surface area (Å²) < 4.78 is 0. The molecule has 2 bridgehead atoms. The summed E-state index contributed by atoms with van der Waals surface area (Å²) in [6.07, 6.45) is 7.07. The van der Waals surface area contributed by atoms with Crippen LogP contribution in [0.3, 0.4) is 0 Å². The lowest BCUT2D eigenvalue weighted by Crippen LogP contribution is -2.60. The molecule has 0 amide bonds. The smallest absolute Gasteiger partial charge is 0.165 e. The van der Waals surface area contributed by atoms with Crippen molar-refractivity contribution in [3.05, 3.63) is 12.2 Å². The molecule has 22 heavy (non-hydrogen) atoms. The molecule has 4 saturated carbocycles. The molecule has 4 aliphatic rings. The number of rotatable bonds is 0. The van der Waals surface area contributed by atoms with Crippen molar-refractivity contribution in [2.75, 3.05) is 0 Å². The molecule has 120 valence electrons. The highest BCUT2D eigenvalue weighted by Gasteiger charge is 2.69. The van der Waals surface area contributed by atoms with Gasteiger partial charge in [-0.1, -0.05) is 33.8 Å². The molecular formula is C20H28O2. The van der Waals surface area contributed by atoms with Gasteiger partial charge in [0.05, 0.1) is 0 Å². The summed E-state index contributed by atoms with van der Waals surface area (Å²) in [5.41, 5.74) is 0.690. The van der Waals surface area contributed by atoms with Crippen molar-refractivity contribution in [1.29, 1.82) is 0 Å². The monoisotopic (exact) mass is 300 g/mol. The van der Waals surface area contributed by atoms with Gasteiger partial charge >= 0.3 is 0 Å². The van der Waals surface area contributed by atoms with E-state index in [0.717, 1.165) is 31.3 Å². The number of carbonyl (C=O) groups excluding carboxylic acids is 2. The van der Waals surface area contributed by atoms with Crippen molar-refractivity contribution in [1.82, 2.24) is 0 Å². The SMILES string of the molecule is C=C1C(=O)[C@]23CC[C@H]4C(C)(C)CCC[C@]4(C)[C@H]2C(=O)C[C@H]1C3. The van der Waals surface area contributed by atoms with E-state index >= 15 is 0 Å². The van der Waals surface area contributed by atoms with Gasteiger partial charge in [0.25, 0.3) is 0 Å². The molecule has 2 heteroatoms. The predicted octanol–water partition coefficient (Wildman–Crippen LogP) is 4.33. The highest BCUT2D eigenvalue weighted by molar-refractivity contribution is 6.08. The van der Waals surface area contributed by atoms with Gasteiger partial charge in [0.1, 0.15) is 5.78 Å². The van der Waals surface area contributed by atoms with E-state index in [1.54, 1.807) is 0 Å². The molecule has 4 fully saturated rings. The zero-order chi connectivity index (χ0) is 15.9. The summed E-state index contributed by atoms with van der Waals surface area (Å²) in [4.78, 5) is 26.1. The molecule has 0 unspecified atom stereocenters. The molecule has 0 aliphatic heterocycles. The largest absolute Gasteiger partial charge is 0.299 e. The summed E-state index contributed by atoms with van der Waals surface area (Å²) in [6.45, 7) is 11.1. The quantitative estimate of drug-likeness (QED) is 0.624. The van der Waals surface area contributed by atoms with Crippen LogP contribution in [-0.2, 0) is 9.59 Å². The maximum absolute atomic E-state index is 13.1. The van der Waals surface area contributed by atoms with E-state index in [0.29, 0.717) is 23.5 Å². The van der Waals surface area contributed by atoms with Crippen molar-refractivity contribution < 1.29 is 9.59 Å². The first-order valence-electron chi connectivity index (χ1n) is 8.99. The van der Waals surface area contributed by atoms with Gasteiger partial charge in [0.2, 0.25) is 0 Å². The van der Waals surface area contributed by atoms with Crippen LogP contribution in [0, 0.1) is 34.0 Å². The zero-order valence-corrected chi connectivity index (χ0v) is 14.2. The average Bonchev–Trinajstić information content (AvgIpc) is 2.59. The first kappa shape index (κ1) is 14.7.